The third kappa shape index (κ3) is 3.58. The van der Waals surface area contributed by atoms with Gasteiger partial charge >= 0.3 is 0 Å². The minimum Gasteiger partial charge on any atom is -0.464 e. The summed E-state index contributed by atoms with van der Waals surface area (Å²) in [7, 11) is -3.52. The molecule has 6 nitrogen and oxygen atoms in total. The lowest BCUT2D eigenvalue weighted by Gasteiger charge is -2.08. The minimum atomic E-state index is -3.52. The predicted molar refractivity (Wildman–Crippen MR) is 91.0 cm³/mol. The molecule has 0 amide bonds. The summed E-state index contributed by atoms with van der Waals surface area (Å²) in [5.41, 5.74) is 2.88. The normalized spacial score (nSPS) is 11.8. The first-order valence-electron chi connectivity index (χ1n) is 7.59. The van der Waals surface area contributed by atoms with Gasteiger partial charge in [-0.3, -0.25) is 4.68 Å². The molecule has 0 unspecified atom stereocenters. The molecule has 0 atom stereocenters. The van der Waals surface area contributed by atoms with Crippen molar-refractivity contribution in [1.82, 2.24) is 14.5 Å². The lowest BCUT2D eigenvalue weighted by molar-refractivity contribution is 0.560. The number of hydrogen-bond acceptors (Lipinski definition) is 4. The highest BCUT2D eigenvalue weighted by Gasteiger charge is 2.14. The van der Waals surface area contributed by atoms with Crippen LogP contribution in [0.15, 0.2) is 58.3 Å². The Morgan fingerprint density at radius 1 is 1.21 bits per heavy atom. The average Bonchev–Trinajstić information content (AvgIpc) is 3.20. The highest BCUT2D eigenvalue weighted by Crippen LogP contribution is 2.18. The second-order valence-electron chi connectivity index (χ2n) is 5.61. The van der Waals surface area contributed by atoms with E-state index in [-0.39, 0.29) is 11.4 Å². The smallest absolute Gasteiger partial charge is 0.240 e. The van der Waals surface area contributed by atoms with Gasteiger partial charge in [0.05, 0.1) is 29.5 Å². The second kappa shape index (κ2) is 6.62. The summed E-state index contributed by atoms with van der Waals surface area (Å²) in [6, 6.07) is 8.77. The summed E-state index contributed by atoms with van der Waals surface area (Å²) in [4.78, 5) is 0.280. The molecule has 0 spiro atoms. The van der Waals surface area contributed by atoms with Crippen molar-refractivity contribution in [3.05, 3.63) is 60.1 Å². The van der Waals surface area contributed by atoms with E-state index in [1.165, 1.54) is 0 Å². The highest BCUT2D eigenvalue weighted by molar-refractivity contribution is 7.89. The quantitative estimate of drug-likeness (QED) is 0.745. The van der Waals surface area contributed by atoms with E-state index in [1.807, 2.05) is 38.2 Å². The zero-order valence-corrected chi connectivity index (χ0v) is 14.4. The zero-order chi connectivity index (χ0) is 17.2. The number of rotatable bonds is 6. The van der Waals surface area contributed by atoms with Crippen LogP contribution in [0.4, 0.5) is 0 Å². The first-order chi connectivity index (χ1) is 11.5. The van der Waals surface area contributed by atoms with E-state index < -0.39 is 10.0 Å². The minimum absolute atomic E-state index is 0.258. The fourth-order valence-corrected chi connectivity index (χ4v) is 3.42. The van der Waals surface area contributed by atoms with Crippen LogP contribution in [0.5, 0.6) is 0 Å². The Morgan fingerprint density at radius 2 is 2.04 bits per heavy atom. The molecule has 3 aromatic rings. The Labute approximate surface area is 141 Å². The Kier molecular flexibility index (Phi) is 4.55. The standard InChI is InChI=1S/C17H19N3O3S/c1-13-5-6-16(10-14(13)2)24(21,22)19-7-8-20-12-15(11-18-20)17-4-3-9-23-17/h3-6,9-12,19H,7-8H2,1-2H3. The molecular weight excluding hydrogens is 326 g/mol. The van der Waals surface area contributed by atoms with Crippen molar-refractivity contribution < 1.29 is 12.8 Å². The van der Waals surface area contributed by atoms with Crippen molar-refractivity contribution >= 4 is 10.0 Å². The van der Waals surface area contributed by atoms with E-state index in [0.717, 1.165) is 22.5 Å². The summed E-state index contributed by atoms with van der Waals surface area (Å²) < 4.78 is 34.2. The molecule has 24 heavy (non-hydrogen) atoms. The van der Waals surface area contributed by atoms with Crippen molar-refractivity contribution in [2.45, 2.75) is 25.3 Å². The third-order valence-electron chi connectivity index (χ3n) is 3.86. The van der Waals surface area contributed by atoms with Crippen LogP contribution in [0.2, 0.25) is 0 Å². The van der Waals surface area contributed by atoms with Gasteiger partial charge in [-0.05, 0) is 49.2 Å². The molecule has 0 aliphatic rings. The molecule has 1 N–H and O–H groups in total. The van der Waals surface area contributed by atoms with E-state index in [2.05, 4.69) is 9.82 Å². The molecular formula is C17H19N3O3S. The monoisotopic (exact) mass is 345 g/mol. The number of aryl methyl sites for hydroxylation is 2. The van der Waals surface area contributed by atoms with Gasteiger partial charge in [0.1, 0.15) is 5.76 Å². The zero-order valence-electron chi connectivity index (χ0n) is 13.6. The van der Waals surface area contributed by atoms with E-state index >= 15 is 0 Å². The number of nitrogens with one attached hydrogen (secondary N) is 1. The van der Waals surface area contributed by atoms with Gasteiger partial charge in [0.15, 0.2) is 0 Å². The van der Waals surface area contributed by atoms with Crippen LogP contribution in [0.1, 0.15) is 11.1 Å². The van der Waals surface area contributed by atoms with Crippen LogP contribution < -0.4 is 4.72 Å². The van der Waals surface area contributed by atoms with E-state index in [4.69, 9.17) is 4.42 Å². The Hall–Kier alpha value is -2.38. The second-order valence-corrected chi connectivity index (χ2v) is 7.38. The summed E-state index contributed by atoms with van der Waals surface area (Å²) >= 11 is 0. The molecule has 126 valence electrons. The molecule has 0 aliphatic heterocycles. The molecule has 2 heterocycles. The summed E-state index contributed by atoms with van der Waals surface area (Å²) in [5, 5.41) is 4.21. The molecule has 0 radical (unpaired) electrons. The van der Waals surface area contributed by atoms with Crippen LogP contribution in [0, 0.1) is 13.8 Å². The summed E-state index contributed by atoms with van der Waals surface area (Å²) in [5.74, 6) is 0.733. The highest BCUT2D eigenvalue weighted by atomic mass is 32.2. The van der Waals surface area contributed by atoms with Crippen molar-refractivity contribution in [2.75, 3.05) is 6.54 Å². The number of sulfonamides is 1. The van der Waals surface area contributed by atoms with E-state index in [9.17, 15) is 8.42 Å². The fraction of sp³-hybridized carbons (Fsp3) is 0.235. The Morgan fingerprint density at radius 3 is 2.75 bits per heavy atom. The van der Waals surface area contributed by atoms with Gasteiger partial charge < -0.3 is 4.42 Å². The molecule has 0 saturated carbocycles. The van der Waals surface area contributed by atoms with E-state index in [0.29, 0.717) is 6.54 Å². The Balaban J connectivity index is 1.62. The van der Waals surface area contributed by atoms with Gasteiger partial charge in [0.25, 0.3) is 0 Å². The molecule has 1 aromatic carbocycles. The lowest BCUT2D eigenvalue weighted by atomic mass is 10.1. The maximum absolute atomic E-state index is 12.3. The topological polar surface area (TPSA) is 77.1 Å². The largest absolute Gasteiger partial charge is 0.464 e. The first kappa shape index (κ1) is 16.5. The molecule has 0 saturated heterocycles. The van der Waals surface area contributed by atoms with Crippen LogP contribution >= 0.6 is 0 Å². The molecule has 2 aromatic heterocycles. The van der Waals surface area contributed by atoms with Crippen LogP contribution in [0.25, 0.3) is 11.3 Å². The maximum atomic E-state index is 12.3. The number of nitrogens with zero attached hydrogens (tertiary/aromatic N) is 2. The van der Waals surface area contributed by atoms with Crippen molar-refractivity contribution in [1.29, 1.82) is 0 Å². The third-order valence-corrected chi connectivity index (χ3v) is 5.32. The van der Waals surface area contributed by atoms with Gasteiger partial charge in [-0.25, -0.2) is 13.1 Å². The lowest BCUT2D eigenvalue weighted by Crippen LogP contribution is -2.27. The van der Waals surface area contributed by atoms with Crippen LogP contribution in [0.3, 0.4) is 0 Å². The summed E-state index contributed by atoms with van der Waals surface area (Å²) in [6.07, 6.45) is 5.12. The van der Waals surface area contributed by atoms with Crippen molar-refractivity contribution in [3.63, 3.8) is 0 Å². The predicted octanol–water partition coefficient (Wildman–Crippen LogP) is 2.74. The molecule has 3 rings (SSSR count). The fourth-order valence-electron chi connectivity index (χ4n) is 2.31. The number of aromatic nitrogens is 2. The van der Waals surface area contributed by atoms with Gasteiger partial charge in [-0.1, -0.05) is 6.07 Å². The van der Waals surface area contributed by atoms with E-state index in [1.54, 1.807) is 29.3 Å². The molecule has 0 fully saturated rings. The molecule has 7 heteroatoms. The van der Waals surface area contributed by atoms with Crippen molar-refractivity contribution in [2.24, 2.45) is 0 Å². The SMILES string of the molecule is Cc1ccc(S(=O)(=O)NCCn2cc(-c3ccco3)cn2)cc1C. The molecule has 0 bridgehead atoms. The van der Waals surface area contributed by atoms with Gasteiger partial charge in [0.2, 0.25) is 10.0 Å². The van der Waals surface area contributed by atoms with Gasteiger partial charge in [0, 0.05) is 12.7 Å². The Bertz CT molecular complexity index is 928. The van der Waals surface area contributed by atoms with Crippen LogP contribution in [-0.2, 0) is 16.6 Å². The van der Waals surface area contributed by atoms with Crippen LogP contribution in [-0.4, -0.2) is 24.7 Å². The first-order valence-corrected chi connectivity index (χ1v) is 9.07. The average molecular weight is 345 g/mol. The summed E-state index contributed by atoms with van der Waals surface area (Å²) in [6.45, 7) is 4.54. The number of furan rings is 1. The number of benzene rings is 1. The van der Waals surface area contributed by atoms with Gasteiger partial charge in [-0.2, -0.15) is 5.10 Å². The van der Waals surface area contributed by atoms with Crippen molar-refractivity contribution in [3.8, 4) is 11.3 Å². The number of hydrogen-bond donors (Lipinski definition) is 1. The molecule has 0 aliphatic carbocycles. The maximum Gasteiger partial charge on any atom is 0.240 e. The van der Waals surface area contributed by atoms with Gasteiger partial charge in [-0.15, -0.1) is 0 Å².